The van der Waals surface area contributed by atoms with Gasteiger partial charge in [-0.2, -0.15) is 0 Å². The van der Waals surface area contributed by atoms with Gasteiger partial charge in [-0.05, 0) is 32.3 Å². The fraction of sp³-hybridized carbons (Fsp3) is 0.550. The molecule has 1 saturated heterocycles. The fourth-order valence-electron chi connectivity index (χ4n) is 3.39. The minimum atomic E-state index is -1.15. The van der Waals surface area contributed by atoms with E-state index in [1.807, 2.05) is 30.3 Å². The second-order valence-corrected chi connectivity index (χ2v) is 7.69. The number of ether oxygens (including phenoxy) is 2. The predicted molar refractivity (Wildman–Crippen MR) is 101 cm³/mol. The molecule has 1 aliphatic heterocycles. The van der Waals surface area contributed by atoms with Crippen LogP contribution in [-0.4, -0.2) is 51.9 Å². The van der Waals surface area contributed by atoms with Gasteiger partial charge < -0.3 is 19.9 Å². The van der Waals surface area contributed by atoms with Gasteiger partial charge in [-0.25, -0.2) is 9.59 Å². The number of aliphatic carboxylic acids is 1. The van der Waals surface area contributed by atoms with E-state index in [0.717, 1.165) is 5.56 Å². The smallest absolute Gasteiger partial charge is 0.408 e. The van der Waals surface area contributed by atoms with Gasteiger partial charge in [0, 0.05) is 0 Å². The van der Waals surface area contributed by atoms with Crippen LogP contribution in [0.15, 0.2) is 30.3 Å². The van der Waals surface area contributed by atoms with Crippen LogP contribution in [0.5, 0.6) is 0 Å². The number of benzene rings is 1. The third-order valence-electron chi connectivity index (χ3n) is 4.69. The average Bonchev–Trinajstić information content (AvgIpc) is 2.86. The van der Waals surface area contributed by atoms with Crippen molar-refractivity contribution >= 4 is 18.0 Å². The van der Waals surface area contributed by atoms with Crippen LogP contribution in [-0.2, 0) is 25.7 Å². The van der Waals surface area contributed by atoms with E-state index in [4.69, 9.17) is 9.47 Å². The second-order valence-electron chi connectivity index (χ2n) is 7.69. The molecule has 1 aliphatic rings. The fourth-order valence-corrected chi connectivity index (χ4v) is 3.39. The third kappa shape index (κ3) is 4.81. The lowest BCUT2D eigenvalue weighted by molar-refractivity contribution is -0.157. The predicted octanol–water partition coefficient (Wildman–Crippen LogP) is 2.37. The quantitative estimate of drug-likeness (QED) is 0.770. The van der Waals surface area contributed by atoms with Crippen molar-refractivity contribution in [1.82, 2.24) is 10.2 Å². The van der Waals surface area contributed by atoms with Crippen LogP contribution in [0.25, 0.3) is 0 Å². The van der Waals surface area contributed by atoms with Crippen LogP contribution in [0.3, 0.4) is 0 Å². The molecule has 0 radical (unpaired) electrons. The molecule has 0 unspecified atom stereocenters. The van der Waals surface area contributed by atoms with Crippen LogP contribution in [0, 0.1) is 5.92 Å². The summed E-state index contributed by atoms with van der Waals surface area (Å²) >= 11 is 0. The Morgan fingerprint density at radius 2 is 1.86 bits per heavy atom. The number of carboxylic acids is 1. The maximum Gasteiger partial charge on any atom is 0.408 e. The third-order valence-corrected chi connectivity index (χ3v) is 4.69. The van der Waals surface area contributed by atoms with Gasteiger partial charge in [0.15, 0.2) is 6.04 Å². The molecular formula is C20H28N2O6. The van der Waals surface area contributed by atoms with E-state index in [-0.39, 0.29) is 12.5 Å². The summed E-state index contributed by atoms with van der Waals surface area (Å²) in [7, 11) is 0. The highest BCUT2D eigenvalue weighted by Gasteiger charge is 2.53. The number of hydrogen-bond donors (Lipinski definition) is 2. The zero-order valence-electron chi connectivity index (χ0n) is 16.8. The summed E-state index contributed by atoms with van der Waals surface area (Å²) in [6.07, 6.45) is -1.41. The largest absolute Gasteiger partial charge is 0.480 e. The van der Waals surface area contributed by atoms with Gasteiger partial charge in [-0.3, -0.25) is 9.69 Å². The van der Waals surface area contributed by atoms with E-state index >= 15 is 0 Å². The van der Waals surface area contributed by atoms with Crippen LogP contribution in [0.2, 0.25) is 0 Å². The molecule has 0 bridgehead atoms. The van der Waals surface area contributed by atoms with Crippen LogP contribution in [0.4, 0.5) is 4.79 Å². The molecule has 8 heteroatoms. The molecule has 0 aliphatic carbocycles. The Balaban J connectivity index is 2.12. The van der Waals surface area contributed by atoms with E-state index < -0.39 is 41.9 Å². The van der Waals surface area contributed by atoms with Gasteiger partial charge >= 0.3 is 12.1 Å². The average molecular weight is 392 g/mol. The lowest BCUT2D eigenvalue weighted by atomic mass is 10.0. The molecule has 3 atom stereocenters. The molecule has 0 saturated carbocycles. The number of carboxylic acid groups (broad SMARTS) is 1. The van der Waals surface area contributed by atoms with Crippen molar-refractivity contribution in [3.63, 3.8) is 0 Å². The number of carbonyl (C=O) groups excluding carboxylic acids is 2. The Bertz CT molecular complexity index is 719. The van der Waals surface area contributed by atoms with Crippen molar-refractivity contribution in [1.29, 1.82) is 0 Å². The summed E-state index contributed by atoms with van der Waals surface area (Å²) in [4.78, 5) is 38.3. The normalized spacial score (nSPS) is 22.0. The minimum absolute atomic E-state index is 0.0682. The number of rotatable bonds is 6. The van der Waals surface area contributed by atoms with Crippen molar-refractivity contribution in [2.24, 2.45) is 5.92 Å². The first kappa shape index (κ1) is 21.7. The van der Waals surface area contributed by atoms with Crippen molar-refractivity contribution in [2.75, 3.05) is 0 Å². The van der Waals surface area contributed by atoms with Crippen LogP contribution < -0.4 is 5.32 Å². The maximum atomic E-state index is 13.2. The number of nitrogens with one attached hydrogen (secondary N) is 1. The molecule has 0 aromatic heterocycles. The second kappa shape index (κ2) is 8.60. The molecule has 28 heavy (non-hydrogen) atoms. The summed E-state index contributed by atoms with van der Waals surface area (Å²) < 4.78 is 10.9. The lowest BCUT2D eigenvalue weighted by Gasteiger charge is -2.36. The van der Waals surface area contributed by atoms with Gasteiger partial charge in [-0.1, -0.05) is 44.2 Å². The highest BCUT2D eigenvalue weighted by molar-refractivity contribution is 5.90. The number of hydrogen-bond acceptors (Lipinski definition) is 5. The summed E-state index contributed by atoms with van der Waals surface area (Å²) in [5.41, 5.74) is -0.290. The molecular weight excluding hydrogens is 364 g/mol. The molecule has 1 fully saturated rings. The van der Waals surface area contributed by atoms with E-state index in [1.165, 1.54) is 4.90 Å². The Kier molecular flexibility index (Phi) is 6.66. The summed E-state index contributed by atoms with van der Waals surface area (Å²) in [6, 6.07) is 7.09. The standard InChI is InChI=1S/C20H28N2O6/c1-12(2)15(21-19(26)27-11-14-9-7-6-8-10-14)17(23)22-16(18(24)25)13(3)28-20(22,4)5/h6-10,12-13,15-16H,11H2,1-5H3,(H,21,26)(H,24,25)/t13-,15+,16-/m1/s1. The summed E-state index contributed by atoms with van der Waals surface area (Å²) in [5, 5.41) is 12.1. The summed E-state index contributed by atoms with van der Waals surface area (Å²) in [5.74, 6) is -1.95. The van der Waals surface area contributed by atoms with Gasteiger partial charge in [0.1, 0.15) is 18.4 Å². The Labute approximate surface area is 164 Å². The molecule has 154 valence electrons. The lowest BCUT2D eigenvalue weighted by Crippen LogP contribution is -2.59. The van der Waals surface area contributed by atoms with Gasteiger partial charge in [-0.15, -0.1) is 0 Å². The SMILES string of the molecule is CC(C)[C@H](NC(=O)OCc1ccccc1)C(=O)N1[C@@H](C(=O)O)[C@@H](C)OC1(C)C. The van der Waals surface area contributed by atoms with Crippen LogP contribution >= 0.6 is 0 Å². The molecule has 2 amide bonds. The number of carbonyl (C=O) groups is 3. The zero-order chi connectivity index (χ0) is 21.1. The monoisotopic (exact) mass is 392 g/mol. The molecule has 1 aromatic carbocycles. The van der Waals surface area contributed by atoms with Crippen molar-refractivity contribution in [3.8, 4) is 0 Å². The van der Waals surface area contributed by atoms with Gasteiger partial charge in [0.25, 0.3) is 0 Å². The first-order valence-electron chi connectivity index (χ1n) is 9.25. The molecule has 2 N–H and O–H groups in total. The topological polar surface area (TPSA) is 105 Å². The minimum Gasteiger partial charge on any atom is -0.480 e. The van der Waals surface area contributed by atoms with Crippen molar-refractivity contribution in [2.45, 2.75) is 65.1 Å². The molecule has 1 aromatic rings. The highest BCUT2D eigenvalue weighted by Crippen LogP contribution is 2.33. The van der Waals surface area contributed by atoms with E-state index in [9.17, 15) is 19.5 Å². The Morgan fingerprint density at radius 1 is 1.25 bits per heavy atom. The molecule has 1 heterocycles. The molecule has 8 nitrogen and oxygen atoms in total. The van der Waals surface area contributed by atoms with Crippen molar-refractivity contribution < 1.29 is 29.0 Å². The highest BCUT2D eigenvalue weighted by atomic mass is 16.6. The first-order valence-corrected chi connectivity index (χ1v) is 9.25. The number of amides is 2. The van der Waals surface area contributed by atoms with Crippen molar-refractivity contribution in [3.05, 3.63) is 35.9 Å². The number of nitrogens with zero attached hydrogens (tertiary/aromatic N) is 1. The zero-order valence-corrected chi connectivity index (χ0v) is 16.8. The first-order chi connectivity index (χ1) is 13.0. The van der Waals surface area contributed by atoms with E-state index in [1.54, 1.807) is 34.6 Å². The van der Waals surface area contributed by atoms with Crippen LogP contribution in [0.1, 0.15) is 40.2 Å². The van der Waals surface area contributed by atoms with E-state index in [0.29, 0.717) is 0 Å². The Hall–Kier alpha value is -2.61. The number of alkyl carbamates (subject to hydrolysis) is 1. The Morgan fingerprint density at radius 3 is 2.39 bits per heavy atom. The molecule has 0 spiro atoms. The maximum absolute atomic E-state index is 13.2. The van der Waals surface area contributed by atoms with E-state index in [2.05, 4.69) is 5.32 Å². The molecule has 2 rings (SSSR count). The van der Waals surface area contributed by atoms with Gasteiger partial charge in [0.05, 0.1) is 6.10 Å². The van der Waals surface area contributed by atoms with Gasteiger partial charge in [0.2, 0.25) is 5.91 Å². The summed E-state index contributed by atoms with van der Waals surface area (Å²) in [6.45, 7) is 8.48.